The van der Waals surface area contributed by atoms with Crippen LogP contribution in [-0.2, 0) is 11.2 Å². The number of rotatable bonds is 3. The van der Waals surface area contributed by atoms with Crippen LogP contribution in [0, 0.1) is 0 Å². The number of hydrogen-bond donors (Lipinski definition) is 1. The molecule has 1 aliphatic rings. The fourth-order valence-electron chi connectivity index (χ4n) is 2.68. The number of nitrogens with one attached hydrogen (secondary N) is 1. The molecule has 1 N–H and O–H groups in total. The lowest BCUT2D eigenvalue weighted by Gasteiger charge is -2.36. The van der Waals surface area contributed by atoms with E-state index in [1.165, 1.54) is 0 Å². The van der Waals surface area contributed by atoms with E-state index in [2.05, 4.69) is 5.32 Å². The van der Waals surface area contributed by atoms with Crippen molar-refractivity contribution in [1.82, 2.24) is 10.2 Å². The Morgan fingerprint density at radius 2 is 2.29 bits per heavy atom. The molecule has 0 saturated carbocycles. The molecule has 1 amide bonds. The van der Waals surface area contributed by atoms with Gasteiger partial charge in [-0.15, -0.1) is 11.3 Å². The fraction of sp³-hybridized carbons (Fsp3) is 0.312. The molecule has 1 saturated heterocycles. The van der Waals surface area contributed by atoms with Crippen LogP contribution in [0.5, 0.6) is 0 Å². The third kappa shape index (κ3) is 3.46. The van der Waals surface area contributed by atoms with Crippen LogP contribution in [0.3, 0.4) is 0 Å². The number of benzene rings is 1. The van der Waals surface area contributed by atoms with E-state index in [9.17, 15) is 4.79 Å². The Bertz CT molecular complexity index is 614. The number of piperazine rings is 1. The molecule has 1 aliphatic heterocycles. The van der Waals surface area contributed by atoms with Gasteiger partial charge in [0.25, 0.3) is 0 Å². The molecular formula is C16H17ClN2OS. The summed E-state index contributed by atoms with van der Waals surface area (Å²) in [7, 11) is 0. The van der Waals surface area contributed by atoms with Crippen LogP contribution in [0.15, 0.2) is 41.8 Å². The lowest BCUT2D eigenvalue weighted by Crippen LogP contribution is -2.49. The Labute approximate surface area is 133 Å². The van der Waals surface area contributed by atoms with Crippen LogP contribution in [0.2, 0.25) is 5.02 Å². The lowest BCUT2D eigenvalue weighted by molar-refractivity contribution is -0.133. The van der Waals surface area contributed by atoms with E-state index in [1.54, 1.807) is 11.3 Å². The van der Waals surface area contributed by atoms with Gasteiger partial charge >= 0.3 is 0 Å². The summed E-state index contributed by atoms with van der Waals surface area (Å²) in [6.45, 7) is 2.35. The van der Waals surface area contributed by atoms with Crippen LogP contribution >= 0.6 is 22.9 Å². The van der Waals surface area contributed by atoms with Gasteiger partial charge < -0.3 is 10.2 Å². The SMILES string of the molecule is O=C(Cc1cccs1)N1CCNCC1c1cccc(Cl)c1. The maximum Gasteiger partial charge on any atom is 0.228 e. The zero-order chi connectivity index (χ0) is 14.7. The van der Waals surface area contributed by atoms with Gasteiger partial charge in [0, 0.05) is 29.5 Å². The molecule has 1 aromatic heterocycles. The van der Waals surface area contributed by atoms with Crippen molar-refractivity contribution in [2.75, 3.05) is 19.6 Å². The maximum absolute atomic E-state index is 12.6. The molecular weight excluding hydrogens is 304 g/mol. The summed E-state index contributed by atoms with van der Waals surface area (Å²) >= 11 is 7.71. The first kappa shape index (κ1) is 14.6. The second kappa shape index (κ2) is 6.60. The first-order valence-corrected chi connectivity index (χ1v) is 8.28. The lowest BCUT2D eigenvalue weighted by atomic mass is 10.0. The zero-order valence-electron chi connectivity index (χ0n) is 11.6. The van der Waals surface area contributed by atoms with Crippen LogP contribution in [0.25, 0.3) is 0 Å². The molecule has 1 atom stereocenters. The van der Waals surface area contributed by atoms with Crippen molar-refractivity contribution < 1.29 is 4.79 Å². The molecule has 1 unspecified atom stereocenters. The summed E-state index contributed by atoms with van der Waals surface area (Å²) in [6, 6.07) is 11.8. The van der Waals surface area contributed by atoms with Gasteiger partial charge in [0.05, 0.1) is 12.5 Å². The first-order chi connectivity index (χ1) is 10.2. The normalized spacial score (nSPS) is 18.7. The fourth-order valence-corrected chi connectivity index (χ4v) is 3.57. The zero-order valence-corrected chi connectivity index (χ0v) is 13.2. The molecule has 1 fully saturated rings. The van der Waals surface area contributed by atoms with E-state index in [0.717, 1.165) is 30.1 Å². The molecule has 0 radical (unpaired) electrons. The minimum atomic E-state index is 0.0601. The van der Waals surface area contributed by atoms with E-state index in [1.807, 2.05) is 46.7 Å². The average Bonchev–Trinajstić information content (AvgIpc) is 3.00. The van der Waals surface area contributed by atoms with Crippen LogP contribution < -0.4 is 5.32 Å². The highest BCUT2D eigenvalue weighted by molar-refractivity contribution is 7.10. The molecule has 3 nitrogen and oxygen atoms in total. The van der Waals surface area contributed by atoms with Gasteiger partial charge in [-0.2, -0.15) is 0 Å². The van der Waals surface area contributed by atoms with Crippen molar-refractivity contribution in [2.45, 2.75) is 12.5 Å². The maximum atomic E-state index is 12.6. The number of halogens is 1. The Kier molecular flexibility index (Phi) is 4.58. The number of nitrogens with zero attached hydrogens (tertiary/aromatic N) is 1. The molecule has 2 heterocycles. The summed E-state index contributed by atoms with van der Waals surface area (Å²) < 4.78 is 0. The second-order valence-electron chi connectivity index (χ2n) is 5.12. The van der Waals surface area contributed by atoms with Gasteiger partial charge in [-0.25, -0.2) is 0 Å². The minimum absolute atomic E-state index is 0.0601. The van der Waals surface area contributed by atoms with Gasteiger partial charge in [-0.05, 0) is 29.1 Å². The van der Waals surface area contributed by atoms with Crippen molar-refractivity contribution in [2.24, 2.45) is 0 Å². The molecule has 21 heavy (non-hydrogen) atoms. The average molecular weight is 321 g/mol. The van der Waals surface area contributed by atoms with Crippen molar-refractivity contribution in [1.29, 1.82) is 0 Å². The number of thiophene rings is 1. The van der Waals surface area contributed by atoms with E-state index < -0.39 is 0 Å². The van der Waals surface area contributed by atoms with Gasteiger partial charge in [-0.3, -0.25) is 4.79 Å². The predicted octanol–water partition coefficient (Wildman–Crippen LogP) is 3.12. The molecule has 110 valence electrons. The van der Waals surface area contributed by atoms with Gasteiger partial charge in [-0.1, -0.05) is 29.8 Å². The molecule has 0 aliphatic carbocycles. The highest BCUT2D eigenvalue weighted by atomic mass is 35.5. The summed E-state index contributed by atoms with van der Waals surface area (Å²) in [4.78, 5) is 15.7. The van der Waals surface area contributed by atoms with Crippen LogP contribution in [0.1, 0.15) is 16.5 Å². The van der Waals surface area contributed by atoms with E-state index in [-0.39, 0.29) is 11.9 Å². The third-order valence-corrected chi connectivity index (χ3v) is 4.81. The van der Waals surface area contributed by atoms with E-state index in [4.69, 9.17) is 11.6 Å². The Balaban J connectivity index is 1.79. The second-order valence-corrected chi connectivity index (χ2v) is 6.59. The highest BCUT2D eigenvalue weighted by Crippen LogP contribution is 2.25. The van der Waals surface area contributed by atoms with Crippen LogP contribution in [0.4, 0.5) is 0 Å². The summed E-state index contributed by atoms with van der Waals surface area (Å²) in [5, 5.41) is 6.08. The molecule has 0 spiro atoms. The monoisotopic (exact) mass is 320 g/mol. The molecule has 0 bridgehead atoms. The third-order valence-electron chi connectivity index (χ3n) is 3.70. The van der Waals surface area contributed by atoms with E-state index >= 15 is 0 Å². The van der Waals surface area contributed by atoms with E-state index in [0.29, 0.717) is 11.4 Å². The Morgan fingerprint density at radius 3 is 3.05 bits per heavy atom. The summed E-state index contributed by atoms with van der Waals surface area (Å²) in [5.41, 5.74) is 1.09. The Morgan fingerprint density at radius 1 is 1.38 bits per heavy atom. The van der Waals surface area contributed by atoms with Crippen molar-refractivity contribution in [3.63, 3.8) is 0 Å². The number of amides is 1. The highest BCUT2D eigenvalue weighted by Gasteiger charge is 2.27. The van der Waals surface area contributed by atoms with Gasteiger partial charge in [0.2, 0.25) is 5.91 Å². The van der Waals surface area contributed by atoms with Crippen LogP contribution in [-0.4, -0.2) is 30.4 Å². The summed E-state index contributed by atoms with van der Waals surface area (Å²) in [6.07, 6.45) is 0.481. The smallest absolute Gasteiger partial charge is 0.228 e. The molecule has 3 rings (SSSR count). The minimum Gasteiger partial charge on any atom is -0.333 e. The standard InChI is InChI=1S/C16H17ClN2OS/c17-13-4-1-3-12(9-13)15-11-18-6-7-19(15)16(20)10-14-5-2-8-21-14/h1-5,8-9,15,18H,6-7,10-11H2. The first-order valence-electron chi connectivity index (χ1n) is 7.02. The molecule has 5 heteroatoms. The van der Waals surface area contributed by atoms with Crippen molar-refractivity contribution >= 4 is 28.8 Å². The van der Waals surface area contributed by atoms with Crippen molar-refractivity contribution in [3.8, 4) is 0 Å². The quantitative estimate of drug-likeness (QED) is 0.942. The molecule has 1 aromatic carbocycles. The molecule has 2 aromatic rings. The topological polar surface area (TPSA) is 32.3 Å². The van der Waals surface area contributed by atoms with Gasteiger partial charge in [0.15, 0.2) is 0 Å². The van der Waals surface area contributed by atoms with Gasteiger partial charge in [0.1, 0.15) is 0 Å². The number of carbonyl (C=O) groups is 1. The summed E-state index contributed by atoms with van der Waals surface area (Å²) in [5.74, 6) is 0.184. The Hall–Kier alpha value is -1.36. The largest absolute Gasteiger partial charge is 0.333 e. The predicted molar refractivity (Wildman–Crippen MR) is 86.8 cm³/mol. The number of hydrogen-bond acceptors (Lipinski definition) is 3. The number of carbonyl (C=O) groups excluding carboxylic acids is 1. The van der Waals surface area contributed by atoms with Crippen molar-refractivity contribution in [3.05, 3.63) is 57.2 Å².